The summed E-state index contributed by atoms with van der Waals surface area (Å²) in [5.74, 6) is -0.612. The molecule has 0 saturated carbocycles. The number of hydrogen-bond acceptors (Lipinski definition) is 6. The number of benzene rings is 2. The monoisotopic (exact) mass is 434 g/mol. The van der Waals surface area contributed by atoms with Gasteiger partial charge in [0, 0.05) is 25.8 Å². The van der Waals surface area contributed by atoms with Crippen LogP contribution in [0.15, 0.2) is 48.7 Å². The molecule has 7 nitrogen and oxygen atoms in total. The first-order valence-corrected chi connectivity index (χ1v) is 10.8. The van der Waals surface area contributed by atoms with Gasteiger partial charge < -0.3 is 20.9 Å². The molecule has 0 radical (unpaired) electrons. The minimum atomic E-state index is -0.608. The third kappa shape index (κ3) is 4.86. The largest absolute Gasteiger partial charge is 0.355 e. The van der Waals surface area contributed by atoms with Crippen molar-refractivity contribution in [2.75, 3.05) is 37.3 Å². The summed E-state index contributed by atoms with van der Waals surface area (Å²) in [5.41, 5.74) is 4.39. The summed E-state index contributed by atoms with van der Waals surface area (Å²) >= 11 is 0. The Morgan fingerprint density at radius 3 is 2.66 bits per heavy atom. The molecular weight excluding hydrogens is 407 g/mol. The number of fused-ring (bicyclic) bond motifs is 1. The van der Waals surface area contributed by atoms with E-state index in [9.17, 15) is 9.18 Å². The summed E-state index contributed by atoms with van der Waals surface area (Å²) in [7, 11) is 1.55. The van der Waals surface area contributed by atoms with E-state index in [-0.39, 0.29) is 17.7 Å². The number of amides is 1. The van der Waals surface area contributed by atoms with Crippen LogP contribution in [0.3, 0.4) is 0 Å². The van der Waals surface area contributed by atoms with Gasteiger partial charge in [0.15, 0.2) is 11.6 Å². The first-order valence-electron chi connectivity index (χ1n) is 10.8. The topological polar surface area (TPSA) is 82.2 Å². The zero-order valence-corrected chi connectivity index (χ0v) is 18.3. The van der Waals surface area contributed by atoms with Gasteiger partial charge in [-0.3, -0.25) is 4.79 Å². The first kappa shape index (κ1) is 21.7. The van der Waals surface area contributed by atoms with E-state index < -0.39 is 5.82 Å². The Bertz CT molecular complexity index is 1120. The highest BCUT2D eigenvalue weighted by Gasteiger charge is 2.15. The quantitative estimate of drug-likeness (QED) is 0.546. The standard InChI is InChI=1S/C24H27FN6O/c1-3-31-12-10-16-8-9-18(14-17(16)11-13-31)28-24-27-15-20(25)22(30-24)29-21-7-5-4-6-19(21)23(32)26-2/h4-9,14-15H,3,10-13H2,1-2H3,(H,26,32)(H2,27,28,29,30). The lowest BCUT2D eigenvalue weighted by Crippen LogP contribution is -2.25. The second-order valence-corrected chi connectivity index (χ2v) is 7.68. The fraction of sp³-hybridized carbons (Fsp3) is 0.292. The SMILES string of the molecule is CCN1CCc2ccc(Nc3ncc(F)c(Nc4ccccc4C(=O)NC)n3)cc2CC1. The number of halogens is 1. The number of rotatable bonds is 6. The van der Waals surface area contributed by atoms with Crippen molar-refractivity contribution >= 4 is 29.0 Å². The third-order valence-electron chi connectivity index (χ3n) is 5.70. The Balaban J connectivity index is 1.55. The summed E-state index contributed by atoms with van der Waals surface area (Å²) in [5, 5.41) is 8.68. The van der Waals surface area contributed by atoms with Crippen molar-refractivity contribution < 1.29 is 9.18 Å². The predicted molar refractivity (Wildman–Crippen MR) is 124 cm³/mol. The van der Waals surface area contributed by atoms with Gasteiger partial charge in [-0.1, -0.05) is 25.1 Å². The van der Waals surface area contributed by atoms with E-state index >= 15 is 0 Å². The lowest BCUT2D eigenvalue weighted by atomic mass is 10.0. The maximum Gasteiger partial charge on any atom is 0.253 e. The maximum absolute atomic E-state index is 14.4. The highest BCUT2D eigenvalue weighted by molar-refractivity contribution is 6.00. The van der Waals surface area contributed by atoms with Crippen molar-refractivity contribution in [1.29, 1.82) is 0 Å². The van der Waals surface area contributed by atoms with E-state index in [4.69, 9.17) is 0 Å². The van der Waals surface area contributed by atoms with Crippen LogP contribution in [0.25, 0.3) is 0 Å². The summed E-state index contributed by atoms with van der Waals surface area (Å²) in [4.78, 5) is 22.9. The van der Waals surface area contributed by atoms with E-state index in [1.54, 1.807) is 31.3 Å². The average Bonchev–Trinajstić information content (AvgIpc) is 3.03. The fourth-order valence-corrected chi connectivity index (χ4v) is 3.86. The molecule has 0 aliphatic carbocycles. The average molecular weight is 435 g/mol. The van der Waals surface area contributed by atoms with Gasteiger partial charge in [0.25, 0.3) is 5.91 Å². The summed E-state index contributed by atoms with van der Waals surface area (Å²) in [6, 6.07) is 13.1. The number of nitrogens with one attached hydrogen (secondary N) is 3. The van der Waals surface area contributed by atoms with Gasteiger partial charge in [-0.15, -0.1) is 0 Å². The first-order chi connectivity index (χ1) is 15.6. The molecule has 32 heavy (non-hydrogen) atoms. The van der Waals surface area contributed by atoms with Gasteiger partial charge in [-0.05, 0) is 54.8 Å². The highest BCUT2D eigenvalue weighted by atomic mass is 19.1. The molecule has 0 spiro atoms. The van der Waals surface area contributed by atoms with Gasteiger partial charge in [0.1, 0.15) is 0 Å². The minimum absolute atomic E-state index is 0.00722. The second kappa shape index (κ2) is 9.74. The molecule has 3 N–H and O–H groups in total. The highest BCUT2D eigenvalue weighted by Crippen LogP contribution is 2.25. The van der Waals surface area contributed by atoms with E-state index in [0.717, 1.165) is 44.4 Å². The van der Waals surface area contributed by atoms with Gasteiger partial charge in [0.05, 0.1) is 17.4 Å². The van der Waals surface area contributed by atoms with Gasteiger partial charge in [-0.2, -0.15) is 4.98 Å². The molecule has 0 atom stereocenters. The number of aromatic nitrogens is 2. The van der Waals surface area contributed by atoms with Crippen LogP contribution >= 0.6 is 0 Å². The number of hydrogen-bond donors (Lipinski definition) is 3. The number of likely N-dealkylation sites (N-methyl/N-ethyl adjacent to an activating group) is 1. The molecule has 0 bridgehead atoms. The predicted octanol–water partition coefficient (Wildman–Crippen LogP) is 3.88. The molecule has 2 heterocycles. The Morgan fingerprint density at radius 2 is 1.88 bits per heavy atom. The van der Waals surface area contributed by atoms with Crippen molar-refractivity contribution in [3.05, 3.63) is 71.2 Å². The minimum Gasteiger partial charge on any atom is -0.355 e. The van der Waals surface area contributed by atoms with E-state index in [1.165, 1.54) is 11.1 Å². The van der Waals surface area contributed by atoms with Crippen molar-refractivity contribution in [3.8, 4) is 0 Å². The molecule has 1 aromatic heterocycles. The summed E-state index contributed by atoms with van der Waals surface area (Å²) in [6.07, 6.45) is 3.14. The van der Waals surface area contributed by atoms with E-state index in [2.05, 4.69) is 49.9 Å². The van der Waals surface area contributed by atoms with Crippen LogP contribution in [-0.4, -0.2) is 47.5 Å². The van der Waals surface area contributed by atoms with Crippen LogP contribution in [0, 0.1) is 5.82 Å². The van der Waals surface area contributed by atoms with E-state index in [0.29, 0.717) is 11.3 Å². The molecule has 1 aliphatic heterocycles. The molecule has 8 heteroatoms. The van der Waals surface area contributed by atoms with Gasteiger partial charge in [0.2, 0.25) is 5.95 Å². The molecular formula is C24H27FN6O. The second-order valence-electron chi connectivity index (χ2n) is 7.68. The summed E-state index contributed by atoms with van der Waals surface area (Å²) < 4.78 is 14.4. The van der Waals surface area contributed by atoms with Crippen molar-refractivity contribution in [2.24, 2.45) is 0 Å². The lowest BCUT2D eigenvalue weighted by molar-refractivity contribution is 0.0964. The molecule has 0 fully saturated rings. The molecule has 0 unspecified atom stereocenters. The Hall–Kier alpha value is -3.52. The smallest absolute Gasteiger partial charge is 0.253 e. The van der Waals surface area contributed by atoms with Gasteiger partial charge >= 0.3 is 0 Å². The molecule has 0 saturated heterocycles. The van der Waals surface area contributed by atoms with Crippen LogP contribution in [-0.2, 0) is 12.8 Å². The van der Waals surface area contributed by atoms with Crippen LogP contribution in [0.2, 0.25) is 0 Å². The normalized spacial score (nSPS) is 13.7. The molecule has 4 rings (SSSR count). The molecule has 1 amide bonds. The molecule has 3 aromatic rings. The Morgan fingerprint density at radius 1 is 1.09 bits per heavy atom. The zero-order chi connectivity index (χ0) is 22.5. The van der Waals surface area contributed by atoms with Crippen molar-refractivity contribution in [2.45, 2.75) is 19.8 Å². The number of nitrogens with zero attached hydrogens (tertiary/aromatic N) is 3. The zero-order valence-electron chi connectivity index (χ0n) is 18.3. The lowest BCUT2D eigenvalue weighted by Gasteiger charge is -2.16. The molecule has 1 aliphatic rings. The molecule has 2 aromatic carbocycles. The van der Waals surface area contributed by atoms with Crippen LogP contribution in [0.1, 0.15) is 28.4 Å². The van der Waals surface area contributed by atoms with Crippen molar-refractivity contribution in [3.63, 3.8) is 0 Å². The van der Waals surface area contributed by atoms with Gasteiger partial charge in [-0.25, -0.2) is 9.37 Å². The number of carbonyl (C=O) groups is 1. The summed E-state index contributed by atoms with van der Waals surface area (Å²) in [6.45, 7) is 5.36. The van der Waals surface area contributed by atoms with Crippen molar-refractivity contribution in [1.82, 2.24) is 20.2 Å². The number of carbonyl (C=O) groups excluding carboxylic acids is 1. The number of para-hydroxylation sites is 1. The van der Waals surface area contributed by atoms with Crippen LogP contribution in [0.5, 0.6) is 0 Å². The maximum atomic E-state index is 14.4. The third-order valence-corrected chi connectivity index (χ3v) is 5.70. The van der Waals surface area contributed by atoms with Crippen LogP contribution in [0.4, 0.5) is 27.5 Å². The fourth-order valence-electron chi connectivity index (χ4n) is 3.86. The van der Waals surface area contributed by atoms with E-state index in [1.807, 2.05) is 6.07 Å². The van der Waals surface area contributed by atoms with Crippen LogP contribution < -0.4 is 16.0 Å². The molecule has 166 valence electrons. The Kier molecular flexibility index (Phi) is 6.61. The number of anilines is 4. The Labute approximate surface area is 187 Å².